The van der Waals surface area contributed by atoms with E-state index < -0.39 is 0 Å². The molecule has 0 radical (unpaired) electrons. The van der Waals surface area contributed by atoms with Crippen molar-refractivity contribution in [1.29, 1.82) is 0 Å². The maximum atomic E-state index is 11.0. The van der Waals surface area contributed by atoms with Gasteiger partial charge in [-0.2, -0.15) is 0 Å². The number of anilines is 1. The Bertz CT molecular complexity index is 526. The molecule has 1 aliphatic carbocycles. The van der Waals surface area contributed by atoms with E-state index in [9.17, 15) is 10.1 Å². The molecule has 0 amide bonds. The van der Waals surface area contributed by atoms with Crippen molar-refractivity contribution in [2.75, 3.05) is 11.9 Å². The van der Waals surface area contributed by atoms with Gasteiger partial charge in [0.25, 0.3) is 5.69 Å². The lowest BCUT2D eigenvalue weighted by atomic mass is 9.70. The number of nitrogens with zero attached hydrogens (tertiary/aromatic N) is 1. The summed E-state index contributed by atoms with van der Waals surface area (Å²) in [6.45, 7) is 2.85. The molecule has 2 aliphatic rings. The van der Waals surface area contributed by atoms with Crippen LogP contribution in [0.4, 0.5) is 11.4 Å². The highest BCUT2D eigenvalue weighted by Crippen LogP contribution is 2.39. The number of piperidine rings is 1. The SMILES string of the molecule is Cc1c(NC2CCNC3(CCC3)C2)cccc1[N+](=O)[O-]. The fraction of sp³-hybridized carbons (Fsp3) is 0.600. The normalized spacial score (nSPS) is 24.1. The van der Waals surface area contributed by atoms with Crippen molar-refractivity contribution in [3.8, 4) is 0 Å². The molecule has 1 unspecified atom stereocenters. The number of nitro benzene ring substituents is 1. The monoisotopic (exact) mass is 275 g/mol. The molecule has 1 aliphatic heterocycles. The van der Waals surface area contributed by atoms with Gasteiger partial charge in [0.15, 0.2) is 0 Å². The zero-order valence-electron chi connectivity index (χ0n) is 11.8. The quantitative estimate of drug-likeness (QED) is 0.657. The smallest absolute Gasteiger partial charge is 0.274 e. The predicted molar refractivity (Wildman–Crippen MR) is 79.1 cm³/mol. The Morgan fingerprint density at radius 1 is 1.45 bits per heavy atom. The van der Waals surface area contributed by atoms with Gasteiger partial charge in [-0.05, 0) is 51.6 Å². The maximum Gasteiger partial charge on any atom is 0.274 e. The van der Waals surface area contributed by atoms with E-state index in [2.05, 4.69) is 10.6 Å². The van der Waals surface area contributed by atoms with Crippen LogP contribution in [0.25, 0.3) is 0 Å². The van der Waals surface area contributed by atoms with Crippen LogP contribution in [0.5, 0.6) is 0 Å². The molecule has 1 saturated heterocycles. The first-order valence-corrected chi connectivity index (χ1v) is 7.35. The molecule has 1 heterocycles. The molecule has 1 atom stereocenters. The molecule has 20 heavy (non-hydrogen) atoms. The van der Waals surface area contributed by atoms with Crippen LogP contribution in [-0.2, 0) is 0 Å². The van der Waals surface area contributed by atoms with Crippen LogP contribution in [0.3, 0.4) is 0 Å². The van der Waals surface area contributed by atoms with E-state index in [0.29, 0.717) is 11.6 Å². The van der Waals surface area contributed by atoms with Crippen LogP contribution in [0.1, 0.15) is 37.7 Å². The molecular weight excluding hydrogens is 254 g/mol. The fourth-order valence-electron chi connectivity index (χ4n) is 3.46. The van der Waals surface area contributed by atoms with Crippen LogP contribution < -0.4 is 10.6 Å². The van der Waals surface area contributed by atoms with E-state index >= 15 is 0 Å². The molecule has 5 nitrogen and oxygen atoms in total. The van der Waals surface area contributed by atoms with Gasteiger partial charge < -0.3 is 10.6 Å². The average Bonchev–Trinajstić information content (AvgIpc) is 2.39. The van der Waals surface area contributed by atoms with Crippen molar-refractivity contribution >= 4 is 11.4 Å². The second-order valence-electron chi connectivity index (χ2n) is 6.10. The first-order valence-electron chi connectivity index (χ1n) is 7.35. The van der Waals surface area contributed by atoms with Gasteiger partial charge in [0.2, 0.25) is 0 Å². The molecule has 5 heteroatoms. The van der Waals surface area contributed by atoms with E-state index in [-0.39, 0.29) is 10.6 Å². The fourth-order valence-corrected chi connectivity index (χ4v) is 3.46. The molecule has 108 valence electrons. The summed E-state index contributed by atoms with van der Waals surface area (Å²) in [4.78, 5) is 10.7. The third-order valence-corrected chi connectivity index (χ3v) is 4.80. The Labute approximate surface area is 118 Å². The van der Waals surface area contributed by atoms with Gasteiger partial charge in [-0.1, -0.05) is 6.07 Å². The Hall–Kier alpha value is -1.62. The average molecular weight is 275 g/mol. The predicted octanol–water partition coefficient (Wildman–Crippen LogP) is 2.99. The minimum absolute atomic E-state index is 0.197. The van der Waals surface area contributed by atoms with Gasteiger partial charge in [0, 0.05) is 28.9 Å². The van der Waals surface area contributed by atoms with Crippen LogP contribution in [0.15, 0.2) is 18.2 Å². The summed E-state index contributed by atoms with van der Waals surface area (Å²) in [7, 11) is 0. The van der Waals surface area contributed by atoms with Crippen LogP contribution in [-0.4, -0.2) is 23.0 Å². The van der Waals surface area contributed by atoms with E-state index in [0.717, 1.165) is 30.6 Å². The molecule has 2 fully saturated rings. The summed E-state index contributed by atoms with van der Waals surface area (Å²) in [5, 5.41) is 18.2. The number of benzene rings is 1. The van der Waals surface area contributed by atoms with Crippen molar-refractivity contribution in [3.63, 3.8) is 0 Å². The van der Waals surface area contributed by atoms with Crippen molar-refractivity contribution < 1.29 is 4.92 Å². The molecule has 2 N–H and O–H groups in total. The summed E-state index contributed by atoms with van der Waals surface area (Å²) in [5.41, 5.74) is 2.17. The summed E-state index contributed by atoms with van der Waals surface area (Å²) in [6, 6.07) is 5.68. The van der Waals surface area contributed by atoms with E-state index in [1.54, 1.807) is 12.1 Å². The van der Waals surface area contributed by atoms with E-state index in [1.807, 2.05) is 13.0 Å². The summed E-state index contributed by atoms with van der Waals surface area (Å²) >= 11 is 0. The zero-order valence-corrected chi connectivity index (χ0v) is 11.8. The molecule has 3 rings (SSSR count). The Morgan fingerprint density at radius 3 is 2.90 bits per heavy atom. The summed E-state index contributed by atoms with van der Waals surface area (Å²) in [6.07, 6.45) is 6.03. The highest BCUT2D eigenvalue weighted by Gasteiger charge is 2.40. The third kappa shape index (κ3) is 2.38. The lowest BCUT2D eigenvalue weighted by Gasteiger charge is -2.48. The Balaban J connectivity index is 1.74. The van der Waals surface area contributed by atoms with Gasteiger partial charge in [-0.15, -0.1) is 0 Å². The van der Waals surface area contributed by atoms with Crippen LogP contribution >= 0.6 is 0 Å². The van der Waals surface area contributed by atoms with Gasteiger partial charge in [0.05, 0.1) is 4.92 Å². The molecule has 1 aromatic carbocycles. The van der Waals surface area contributed by atoms with Crippen molar-refractivity contribution in [2.24, 2.45) is 0 Å². The second kappa shape index (κ2) is 5.05. The van der Waals surface area contributed by atoms with Crippen molar-refractivity contribution in [2.45, 2.75) is 50.6 Å². The van der Waals surface area contributed by atoms with Crippen molar-refractivity contribution in [3.05, 3.63) is 33.9 Å². The third-order valence-electron chi connectivity index (χ3n) is 4.80. The Morgan fingerprint density at radius 2 is 2.25 bits per heavy atom. The van der Waals surface area contributed by atoms with Gasteiger partial charge in [0.1, 0.15) is 0 Å². The highest BCUT2D eigenvalue weighted by molar-refractivity contribution is 5.60. The van der Waals surface area contributed by atoms with Crippen LogP contribution in [0, 0.1) is 17.0 Å². The summed E-state index contributed by atoms with van der Waals surface area (Å²) in [5.74, 6) is 0. The molecule has 0 bridgehead atoms. The molecule has 0 aromatic heterocycles. The largest absolute Gasteiger partial charge is 0.382 e. The number of nitrogens with one attached hydrogen (secondary N) is 2. The van der Waals surface area contributed by atoms with Crippen LogP contribution in [0.2, 0.25) is 0 Å². The number of rotatable bonds is 3. The zero-order chi connectivity index (χ0) is 14.2. The topological polar surface area (TPSA) is 67.2 Å². The summed E-state index contributed by atoms with van der Waals surface area (Å²) < 4.78 is 0. The number of hydrogen-bond acceptors (Lipinski definition) is 4. The minimum atomic E-state index is -0.309. The molecule has 1 spiro atoms. The van der Waals surface area contributed by atoms with E-state index in [4.69, 9.17) is 0 Å². The minimum Gasteiger partial charge on any atom is -0.382 e. The molecule has 1 saturated carbocycles. The molecular formula is C15H21N3O2. The van der Waals surface area contributed by atoms with Gasteiger partial charge in [-0.25, -0.2) is 0 Å². The van der Waals surface area contributed by atoms with Gasteiger partial charge >= 0.3 is 0 Å². The van der Waals surface area contributed by atoms with Crippen molar-refractivity contribution in [1.82, 2.24) is 5.32 Å². The highest BCUT2D eigenvalue weighted by atomic mass is 16.6. The maximum absolute atomic E-state index is 11.0. The Kier molecular flexibility index (Phi) is 3.38. The first kappa shape index (κ1) is 13.4. The first-order chi connectivity index (χ1) is 9.60. The lowest BCUT2D eigenvalue weighted by molar-refractivity contribution is -0.385. The lowest BCUT2D eigenvalue weighted by Crippen LogP contribution is -2.58. The number of nitro groups is 1. The van der Waals surface area contributed by atoms with E-state index in [1.165, 1.54) is 19.3 Å². The second-order valence-corrected chi connectivity index (χ2v) is 6.10. The number of hydrogen-bond donors (Lipinski definition) is 2. The standard InChI is InChI=1S/C15H21N3O2/c1-11-13(4-2-5-14(11)18(19)20)17-12-6-9-16-15(10-12)7-3-8-15/h2,4-5,12,16-17H,3,6-10H2,1H3. The van der Waals surface area contributed by atoms with Gasteiger partial charge in [-0.3, -0.25) is 10.1 Å². The molecule has 1 aromatic rings.